The quantitative estimate of drug-likeness (QED) is 0.921. The zero-order valence-electron chi connectivity index (χ0n) is 12.8. The summed E-state index contributed by atoms with van der Waals surface area (Å²) in [6.45, 7) is 7.52. The Bertz CT molecular complexity index is 516. The summed E-state index contributed by atoms with van der Waals surface area (Å²) >= 11 is 0. The van der Waals surface area contributed by atoms with Crippen LogP contribution in [0, 0.1) is 11.8 Å². The van der Waals surface area contributed by atoms with Crippen LogP contribution in [0.15, 0.2) is 12.4 Å². The number of aromatic carboxylic acids is 1. The molecule has 1 atom stereocenters. The Kier molecular flexibility index (Phi) is 4.65. The van der Waals surface area contributed by atoms with Crippen molar-refractivity contribution >= 4 is 11.9 Å². The standard InChI is InChI=1S/C15H23N3O3/c1-10(2)11(3)14(19)17-6-4-13(5-7-17)18-9-12(8-16-18)15(20)21/h8-11,13H,4-7H2,1-3H3,(H,20,21). The summed E-state index contributed by atoms with van der Waals surface area (Å²) in [5, 5.41) is 13.0. The molecule has 0 aromatic carbocycles. The highest BCUT2D eigenvalue weighted by molar-refractivity contribution is 5.86. The molecule has 21 heavy (non-hydrogen) atoms. The molecule has 1 aliphatic rings. The van der Waals surface area contributed by atoms with Crippen LogP contribution in [0.5, 0.6) is 0 Å². The van der Waals surface area contributed by atoms with Crippen LogP contribution < -0.4 is 0 Å². The van der Waals surface area contributed by atoms with Crippen LogP contribution in [0.25, 0.3) is 0 Å². The van der Waals surface area contributed by atoms with E-state index in [1.807, 2.05) is 11.8 Å². The van der Waals surface area contributed by atoms with Crippen molar-refractivity contribution in [3.63, 3.8) is 0 Å². The number of carboxylic acids is 1. The van der Waals surface area contributed by atoms with Crippen molar-refractivity contribution in [3.05, 3.63) is 18.0 Å². The van der Waals surface area contributed by atoms with E-state index < -0.39 is 5.97 Å². The van der Waals surface area contributed by atoms with Crippen LogP contribution >= 0.6 is 0 Å². The molecule has 2 heterocycles. The highest BCUT2D eigenvalue weighted by Gasteiger charge is 2.28. The molecule has 1 amide bonds. The number of carbonyl (C=O) groups excluding carboxylic acids is 1. The number of hydrogen-bond donors (Lipinski definition) is 1. The van der Waals surface area contributed by atoms with Crippen LogP contribution in [0.3, 0.4) is 0 Å². The van der Waals surface area contributed by atoms with Crippen molar-refractivity contribution < 1.29 is 14.7 Å². The first-order valence-electron chi connectivity index (χ1n) is 7.46. The first-order chi connectivity index (χ1) is 9.90. The summed E-state index contributed by atoms with van der Waals surface area (Å²) < 4.78 is 1.72. The number of hydrogen-bond acceptors (Lipinski definition) is 3. The number of nitrogens with zero attached hydrogens (tertiary/aromatic N) is 3. The molecular formula is C15H23N3O3. The monoisotopic (exact) mass is 293 g/mol. The second-order valence-corrected chi connectivity index (χ2v) is 6.10. The van der Waals surface area contributed by atoms with E-state index >= 15 is 0 Å². The average molecular weight is 293 g/mol. The van der Waals surface area contributed by atoms with E-state index in [-0.39, 0.29) is 23.4 Å². The second kappa shape index (κ2) is 6.28. The minimum atomic E-state index is -0.959. The normalized spacial score (nSPS) is 18.0. The summed E-state index contributed by atoms with van der Waals surface area (Å²) in [4.78, 5) is 25.1. The fourth-order valence-corrected chi connectivity index (χ4v) is 2.57. The summed E-state index contributed by atoms with van der Waals surface area (Å²) in [6, 6.07) is 0.177. The van der Waals surface area contributed by atoms with Crippen LogP contribution in [0.1, 0.15) is 50.0 Å². The van der Waals surface area contributed by atoms with E-state index in [0.29, 0.717) is 19.0 Å². The molecule has 116 valence electrons. The summed E-state index contributed by atoms with van der Waals surface area (Å²) in [7, 11) is 0. The number of likely N-dealkylation sites (tertiary alicyclic amines) is 1. The molecule has 0 aliphatic carbocycles. The number of piperidine rings is 1. The van der Waals surface area contributed by atoms with Crippen molar-refractivity contribution in [1.82, 2.24) is 14.7 Å². The van der Waals surface area contributed by atoms with Gasteiger partial charge < -0.3 is 10.0 Å². The Morgan fingerprint density at radius 2 is 1.90 bits per heavy atom. The maximum Gasteiger partial charge on any atom is 0.338 e. The van der Waals surface area contributed by atoms with Crippen LogP contribution in [-0.4, -0.2) is 44.8 Å². The van der Waals surface area contributed by atoms with Crippen molar-refractivity contribution in [2.45, 2.75) is 39.7 Å². The lowest BCUT2D eigenvalue weighted by Crippen LogP contribution is -2.42. The van der Waals surface area contributed by atoms with E-state index in [1.54, 1.807) is 10.9 Å². The first-order valence-corrected chi connectivity index (χ1v) is 7.46. The van der Waals surface area contributed by atoms with Gasteiger partial charge in [0, 0.05) is 25.2 Å². The minimum absolute atomic E-state index is 0.0462. The fraction of sp³-hybridized carbons (Fsp3) is 0.667. The zero-order chi connectivity index (χ0) is 15.6. The van der Waals surface area contributed by atoms with Gasteiger partial charge in [0.1, 0.15) is 0 Å². The average Bonchev–Trinajstić information content (AvgIpc) is 2.96. The third-order valence-corrected chi connectivity index (χ3v) is 4.39. The lowest BCUT2D eigenvalue weighted by Gasteiger charge is -2.34. The van der Waals surface area contributed by atoms with Gasteiger partial charge in [-0.25, -0.2) is 4.79 Å². The highest BCUT2D eigenvalue weighted by Crippen LogP contribution is 2.24. The van der Waals surface area contributed by atoms with Gasteiger partial charge in [-0.2, -0.15) is 5.10 Å². The predicted molar refractivity (Wildman–Crippen MR) is 78.0 cm³/mol. The molecule has 1 saturated heterocycles. The molecular weight excluding hydrogens is 270 g/mol. The highest BCUT2D eigenvalue weighted by atomic mass is 16.4. The molecule has 2 rings (SSSR count). The lowest BCUT2D eigenvalue weighted by atomic mass is 9.95. The Labute approximate surface area is 124 Å². The fourth-order valence-electron chi connectivity index (χ4n) is 2.57. The Morgan fingerprint density at radius 3 is 2.38 bits per heavy atom. The smallest absolute Gasteiger partial charge is 0.338 e. The topological polar surface area (TPSA) is 75.4 Å². The molecule has 1 aliphatic heterocycles. The Balaban J connectivity index is 1.93. The van der Waals surface area contributed by atoms with Gasteiger partial charge in [0.2, 0.25) is 5.91 Å². The molecule has 0 spiro atoms. The van der Waals surface area contributed by atoms with Gasteiger partial charge in [-0.3, -0.25) is 9.48 Å². The molecule has 1 unspecified atom stereocenters. The van der Waals surface area contributed by atoms with Gasteiger partial charge in [-0.15, -0.1) is 0 Å². The Hall–Kier alpha value is -1.85. The number of carbonyl (C=O) groups is 2. The number of aromatic nitrogens is 2. The van der Waals surface area contributed by atoms with Crippen molar-refractivity contribution in [2.75, 3.05) is 13.1 Å². The number of amides is 1. The van der Waals surface area contributed by atoms with Gasteiger partial charge in [0.15, 0.2) is 0 Å². The molecule has 1 N–H and O–H groups in total. The van der Waals surface area contributed by atoms with E-state index in [9.17, 15) is 9.59 Å². The molecule has 6 heteroatoms. The zero-order valence-corrected chi connectivity index (χ0v) is 12.8. The van der Waals surface area contributed by atoms with Crippen LogP contribution in [0.4, 0.5) is 0 Å². The maximum atomic E-state index is 12.3. The Morgan fingerprint density at radius 1 is 1.29 bits per heavy atom. The van der Waals surface area contributed by atoms with Gasteiger partial charge in [-0.05, 0) is 18.8 Å². The second-order valence-electron chi connectivity index (χ2n) is 6.10. The third-order valence-electron chi connectivity index (χ3n) is 4.39. The van der Waals surface area contributed by atoms with Gasteiger partial charge >= 0.3 is 5.97 Å². The van der Waals surface area contributed by atoms with Crippen LogP contribution in [-0.2, 0) is 4.79 Å². The molecule has 6 nitrogen and oxygen atoms in total. The molecule has 0 saturated carbocycles. The summed E-state index contributed by atoms with van der Waals surface area (Å²) in [5.74, 6) is -0.348. The molecule has 1 aromatic rings. The third kappa shape index (κ3) is 3.43. The largest absolute Gasteiger partial charge is 0.478 e. The van der Waals surface area contributed by atoms with Crippen molar-refractivity contribution in [1.29, 1.82) is 0 Å². The van der Waals surface area contributed by atoms with Crippen molar-refractivity contribution in [3.8, 4) is 0 Å². The molecule has 0 radical (unpaired) electrons. The summed E-state index contributed by atoms with van der Waals surface area (Å²) in [5.41, 5.74) is 0.210. The van der Waals surface area contributed by atoms with Gasteiger partial charge in [0.25, 0.3) is 0 Å². The maximum absolute atomic E-state index is 12.3. The van der Waals surface area contributed by atoms with E-state index in [0.717, 1.165) is 12.8 Å². The van der Waals surface area contributed by atoms with Crippen molar-refractivity contribution in [2.24, 2.45) is 11.8 Å². The molecule has 1 fully saturated rings. The SMILES string of the molecule is CC(C)C(C)C(=O)N1CCC(n2cc(C(=O)O)cn2)CC1. The van der Waals surface area contributed by atoms with Gasteiger partial charge in [-0.1, -0.05) is 20.8 Å². The first kappa shape index (κ1) is 15.5. The van der Waals surface area contributed by atoms with Gasteiger partial charge in [0.05, 0.1) is 17.8 Å². The van der Waals surface area contributed by atoms with E-state index in [2.05, 4.69) is 18.9 Å². The lowest BCUT2D eigenvalue weighted by molar-refractivity contribution is -0.137. The summed E-state index contributed by atoms with van der Waals surface area (Å²) in [6.07, 6.45) is 4.58. The number of carboxylic acid groups (broad SMARTS) is 1. The predicted octanol–water partition coefficient (Wildman–Crippen LogP) is 2.04. The minimum Gasteiger partial charge on any atom is -0.478 e. The molecule has 0 bridgehead atoms. The molecule has 1 aromatic heterocycles. The van der Waals surface area contributed by atoms with E-state index in [4.69, 9.17) is 5.11 Å². The van der Waals surface area contributed by atoms with E-state index in [1.165, 1.54) is 6.20 Å². The van der Waals surface area contributed by atoms with Crippen LogP contribution in [0.2, 0.25) is 0 Å². The number of rotatable bonds is 4.